The van der Waals surface area contributed by atoms with Crippen LogP contribution in [0.4, 0.5) is 11.4 Å². The Kier molecular flexibility index (Phi) is 4.59. The van der Waals surface area contributed by atoms with Crippen molar-refractivity contribution in [2.45, 2.75) is 33.7 Å². The Hall–Kier alpha value is -1.22. The van der Waals surface area contributed by atoms with Crippen LogP contribution in [0.2, 0.25) is 0 Å². The topological polar surface area (TPSA) is 18.5 Å². The molecule has 0 saturated heterocycles. The van der Waals surface area contributed by atoms with Crippen LogP contribution in [0.25, 0.3) is 0 Å². The Labute approximate surface area is 124 Å². The van der Waals surface area contributed by atoms with Gasteiger partial charge in [0, 0.05) is 39.3 Å². The molecule has 1 aliphatic rings. The van der Waals surface area contributed by atoms with E-state index in [-0.39, 0.29) is 5.41 Å². The van der Waals surface area contributed by atoms with Crippen molar-refractivity contribution in [3.8, 4) is 0 Å². The summed E-state index contributed by atoms with van der Waals surface area (Å²) in [5.74, 6) is 0. The van der Waals surface area contributed by atoms with Crippen molar-refractivity contribution < 1.29 is 0 Å². The highest BCUT2D eigenvalue weighted by atomic mass is 15.3. The van der Waals surface area contributed by atoms with E-state index in [4.69, 9.17) is 0 Å². The van der Waals surface area contributed by atoms with E-state index in [0.29, 0.717) is 6.04 Å². The molecule has 0 spiro atoms. The number of anilines is 2. The van der Waals surface area contributed by atoms with Gasteiger partial charge in [0.15, 0.2) is 0 Å². The number of likely N-dealkylation sites (N-methyl/N-ethyl adjacent to an activating group) is 1. The fourth-order valence-electron chi connectivity index (χ4n) is 2.78. The summed E-state index contributed by atoms with van der Waals surface area (Å²) < 4.78 is 0. The third-order valence-corrected chi connectivity index (χ3v) is 3.95. The first kappa shape index (κ1) is 15.2. The summed E-state index contributed by atoms with van der Waals surface area (Å²) in [4.78, 5) is 4.89. The highest BCUT2D eigenvalue weighted by Gasteiger charge is 2.26. The molecule has 0 aromatic heterocycles. The van der Waals surface area contributed by atoms with Crippen LogP contribution in [0, 0.1) is 5.41 Å². The molecule has 1 aromatic rings. The van der Waals surface area contributed by atoms with Crippen molar-refractivity contribution in [2.75, 3.05) is 43.0 Å². The number of para-hydroxylation sites is 2. The number of nitrogens with zero attached hydrogens (tertiary/aromatic N) is 2. The van der Waals surface area contributed by atoms with Gasteiger partial charge in [-0.3, -0.25) is 0 Å². The van der Waals surface area contributed by atoms with E-state index in [0.717, 1.165) is 26.2 Å². The maximum atomic E-state index is 3.57. The van der Waals surface area contributed by atoms with Crippen molar-refractivity contribution in [3.63, 3.8) is 0 Å². The van der Waals surface area contributed by atoms with Gasteiger partial charge in [0.1, 0.15) is 0 Å². The van der Waals surface area contributed by atoms with E-state index in [9.17, 15) is 0 Å². The minimum absolute atomic E-state index is 0.271. The highest BCUT2D eigenvalue weighted by molar-refractivity contribution is 5.73. The SMILES string of the molecule is CC(C)NCC(C)(C)CN1CCN(C)c2ccccc21. The van der Waals surface area contributed by atoms with Crippen molar-refractivity contribution in [2.24, 2.45) is 5.41 Å². The van der Waals surface area contributed by atoms with Gasteiger partial charge in [0.25, 0.3) is 0 Å². The molecule has 0 bridgehead atoms. The lowest BCUT2D eigenvalue weighted by atomic mass is 9.91. The Balaban J connectivity index is 2.09. The molecule has 1 aromatic carbocycles. The molecule has 20 heavy (non-hydrogen) atoms. The first-order valence-corrected chi connectivity index (χ1v) is 7.67. The zero-order valence-corrected chi connectivity index (χ0v) is 13.6. The Bertz CT molecular complexity index is 440. The maximum Gasteiger partial charge on any atom is 0.0604 e. The molecule has 112 valence electrons. The summed E-state index contributed by atoms with van der Waals surface area (Å²) in [5.41, 5.74) is 3.00. The second kappa shape index (κ2) is 6.04. The van der Waals surface area contributed by atoms with E-state index in [1.807, 2.05) is 0 Å². The lowest BCUT2D eigenvalue weighted by molar-refractivity contribution is 0.328. The van der Waals surface area contributed by atoms with E-state index in [2.05, 4.69) is 74.1 Å². The number of rotatable bonds is 5. The standard InChI is InChI=1S/C17H29N3/c1-14(2)18-12-17(3,4)13-20-11-10-19(5)15-8-6-7-9-16(15)20/h6-9,14,18H,10-13H2,1-5H3. The molecular weight excluding hydrogens is 246 g/mol. The molecule has 1 aliphatic heterocycles. The van der Waals surface area contributed by atoms with Gasteiger partial charge in [-0.25, -0.2) is 0 Å². The molecule has 1 heterocycles. The molecule has 3 nitrogen and oxygen atoms in total. The number of benzene rings is 1. The summed E-state index contributed by atoms with van der Waals surface area (Å²) in [6.07, 6.45) is 0. The monoisotopic (exact) mass is 275 g/mol. The van der Waals surface area contributed by atoms with Crippen LogP contribution in [0.1, 0.15) is 27.7 Å². The summed E-state index contributed by atoms with van der Waals surface area (Å²) in [6.45, 7) is 13.5. The van der Waals surface area contributed by atoms with Crippen molar-refractivity contribution >= 4 is 11.4 Å². The van der Waals surface area contributed by atoms with Gasteiger partial charge >= 0.3 is 0 Å². The normalized spacial score (nSPS) is 15.7. The lowest BCUT2D eigenvalue weighted by Crippen LogP contribution is -2.46. The van der Waals surface area contributed by atoms with Gasteiger partial charge in [0.05, 0.1) is 11.4 Å². The van der Waals surface area contributed by atoms with E-state index < -0.39 is 0 Å². The number of nitrogens with one attached hydrogen (secondary N) is 1. The van der Waals surface area contributed by atoms with Gasteiger partial charge in [-0.05, 0) is 17.5 Å². The fourth-order valence-corrected chi connectivity index (χ4v) is 2.78. The average Bonchev–Trinajstić information content (AvgIpc) is 2.40. The molecule has 1 N–H and O–H groups in total. The van der Waals surface area contributed by atoms with E-state index in [1.165, 1.54) is 11.4 Å². The van der Waals surface area contributed by atoms with Gasteiger partial charge in [-0.1, -0.05) is 39.8 Å². The molecule has 0 saturated carbocycles. The third kappa shape index (κ3) is 3.66. The number of fused-ring (bicyclic) bond motifs is 1. The van der Waals surface area contributed by atoms with Crippen molar-refractivity contribution in [1.29, 1.82) is 0 Å². The Morgan fingerprint density at radius 1 is 1.15 bits per heavy atom. The molecule has 2 rings (SSSR count). The molecule has 0 fully saturated rings. The maximum absolute atomic E-state index is 3.57. The van der Waals surface area contributed by atoms with Crippen LogP contribution in [0.15, 0.2) is 24.3 Å². The smallest absolute Gasteiger partial charge is 0.0604 e. The molecule has 0 aliphatic carbocycles. The van der Waals surface area contributed by atoms with E-state index in [1.54, 1.807) is 0 Å². The van der Waals surface area contributed by atoms with Crippen LogP contribution in [0.5, 0.6) is 0 Å². The van der Waals surface area contributed by atoms with Gasteiger partial charge in [0.2, 0.25) is 0 Å². The van der Waals surface area contributed by atoms with Crippen LogP contribution < -0.4 is 15.1 Å². The minimum atomic E-state index is 0.271. The second-order valence-electron chi connectivity index (χ2n) is 7.03. The zero-order valence-electron chi connectivity index (χ0n) is 13.6. The average molecular weight is 275 g/mol. The van der Waals surface area contributed by atoms with Crippen LogP contribution in [-0.2, 0) is 0 Å². The number of hydrogen-bond acceptors (Lipinski definition) is 3. The quantitative estimate of drug-likeness (QED) is 0.891. The lowest BCUT2D eigenvalue weighted by Gasteiger charge is -2.41. The predicted molar refractivity (Wildman–Crippen MR) is 88.8 cm³/mol. The van der Waals surface area contributed by atoms with Crippen LogP contribution in [-0.4, -0.2) is 39.3 Å². The molecule has 0 unspecified atom stereocenters. The molecular formula is C17H29N3. The van der Waals surface area contributed by atoms with Crippen molar-refractivity contribution in [1.82, 2.24) is 5.32 Å². The Morgan fingerprint density at radius 3 is 2.45 bits per heavy atom. The summed E-state index contributed by atoms with van der Waals surface area (Å²) >= 11 is 0. The molecule has 3 heteroatoms. The largest absolute Gasteiger partial charge is 0.371 e. The highest BCUT2D eigenvalue weighted by Crippen LogP contribution is 2.33. The summed E-state index contributed by atoms with van der Waals surface area (Å²) in [5, 5.41) is 3.57. The van der Waals surface area contributed by atoms with E-state index >= 15 is 0 Å². The fraction of sp³-hybridized carbons (Fsp3) is 0.647. The van der Waals surface area contributed by atoms with Crippen LogP contribution in [0.3, 0.4) is 0 Å². The first-order chi connectivity index (χ1) is 9.39. The minimum Gasteiger partial charge on any atom is -0.371 e. The molecule has 0 atom stereocenters. The molecule has 0 amide bonds. The third-order valence-electron chi connectivity index (χ3n) is 3.95. The Morgan fingerprint density at radius 2 is 1.80 bits per heavy atom. The summed E-state index contributed by atoms with van der Waals surface area (Å²) in [6, 6.07) is 9.29. The summed E-state index contributed by atoms with van der Waals surface area (Å²) in [7, 11) is 2.18. The van der Waals surface area contributed by atoms with Gasteiger partial charge < -0.3 is 15.1 Å². The predicted octanol–water partition coefficient (Wildman–Crippen LogP) is 2.97. The van der Waals surface area contributed by atoms with Crippen molar-refractivity contribution in [3.05, 3.63) is 24.3 Å². The molecule has 0 radical (unpaired) electrons. The van der Waals surface area contributed by atoms with Gasteiger partial charge in [-0.15, -0.1) is 0 Å². The zero-order chi connectivity index (χ0) is 14.8. The first-order valence-electron chi connectivity index (χ1n) is 7.67. The van der Waals surface area contributed by atoms with Gasteiger partial charge in [-0.2, -0.15) is 0 Å². The van der Waals surface area contributed by atoms with Crippen LogP contribution >= 0.6 is 0 Å². The second-order valence-corrected chi connectivity index (χ2v) is 7.03. The number of hydrogen-bond donors (Lipinski definition) is 1.